The van der Waals surface area contributed by atoms with Crippen molar-refractivity contribution in [1.82, 2.24) is 4.72 Å². The third-order valence-corrected chi connectivity index (χ3v) is 6.58. The standard InChI is InChI=1S/C17H19F3N2O3S2/c1-10-13(9-14(26-10)27(24,25)22-16(2,3)4)15(23)21-12-7-5-6-11(8-12)17(18,19)20/h5-9,22H,1-4H3,(H,21,23). The van der Waals surface area contributed by atoms with Crippen LogP contribution in [0.1, 0.15) is 41.6 Å². The molecule has 0 aliphatic rings. The zero-order chi connectivity index (χ0) is 20.6. The highest BCUT2D eigenvalue weighted by molar-refractivity contribution is 7.91. The van der Waals surface area contributed by atoms with Crippen molar-refractivity contribution in [2.45, 2.75) is 43.6 Å². The van der Waals surface area contributed by atoms with Crippen molar-refractivity contribution in [3.63, 3.8) is 0 Å². The minimum absolute atomic E-state index is 0.0300. The predicted octanol–water partition coefficient (Wildman–Crippen LogP) is 4.40. The zero-order valence-corrected chi connectivity index (χ0v) is 16.7. The highest BCUT2D eigenvalue weighted by Crippen LogP contribution is 2.31. The van der Waals surface area contributed by atoms with E-state index in [1.807, 2.05) is 0 Å². The molecule has 1 heterocycles. The van der Waals surface area contributed by atoms with E-state index in [-0.39, 0.29) is 15.5 Å². The number of aryl methyl sites for hydroxylation is 1. The lowest BCUT2D eigenvalue weighted by Crippen LogP contribution is -2.40. The van der Waals surface area contributed by atoms with Gasteiger partial charge in [-0.1, -0.05) is 6.07 Å². The number of halogens is 3. The summed E-state index contributed by atoms with van der Waals surface area (Å²) in [4.78, 5) is 12.9. The molecule has 5 nitrogen and oxygen atoms in total. The lowest BCUT2D eigenvalue weighted by molar-refractivity contribution is -0.137. The fraction of sp³-hybridized carbons (Fsp3) is 0.353. The number of thiophene rings is 1. The molecular formula is C17H19F3N2O3S2. The highest BCUT2D eigenvalue weighted by atomic mass is 32.2. The van der Waals surface area contributed by atoms with Crippen molar-refractivity contribution >= 4 is 33.0 Å². The molecule has 0 radical (unpaired) electrons. The summed E-state index contributed by atoms with van der Waals surface area (Å²) in [5, 5.41) is 2.38. The Morgan fingerprint density at radius 1 is 1.11 bits per heavy atom. The molecule has 27 heavy (non-hydrogen) atoms. The fourth-order valence-electron chi connectivity index (χ4n) is 2.24. The van der Waals surface area contributed by atoms with Crippen LogP contribution in [0.2, 0.25) is 0 Å². The summed E-state index contributed by atoms with van der Waals surface area (Å²) in [7, 11) is -3.81. The molecule has 0 saturated carbocycles. The second kappa shape index (κ2) is 7.25. The smallest absolute Gasteiger partial charge is 0.322 e. The van der Waals surface area contributed by atoms with Crippen LogP contribution in [0, 0.1) is 6.92 Å². The molecule has 0 aliphatic heterocycles. The van der Waals surface area contributed by atoms with Crippen molar-refractivity contribution in [3.05, 3.63) is 46.3 Å². The van der Waals surface area contributed by atoms with Crippen LogP contribution < -0.4 is 10.0 Å². The molecule has 10 heteroatoms. The fourth-order valence-corrected chi connectivity index (χ4v) is 5.10. The molecule has 0 saturated heterocycles. The minimum atomic E-state index is -4.53. The van der Waals surface area contributed by atoms with Gasteiger partial charge in [-0.05, 0) is 52.0 Å². The molecule has 1 aromatic heterocycles. The highest BCUT2D eigenvalue weighted by Gasteiger charge is 2.31. The van der Waals surface area contributed by atoms with Gasteiger partial charge in [0.1, 0.15) is 4.21 Å². The van der Waals surface area contributed by atoms with Gasteiger partial charge in [0.05, 0.1) is 11.1 Å². The number of carbonyl (C=O) groups is 1. The predicted molar refractivity (Wildman–Crippen MR) is 98.5 cm³/mol. The summed E-state index contributed by atoms with van der Waals surface area (Å²) < 4.78 is 65.6. The van der Waals surface area contributed by atoms with E-state index in [1.165, 1.54) is 18.2 Å². The van der Waals surface area contributed by atoms with Crippen molar-refractivity contribution in [3.8, 4) is 0 Å². The molecule has 2 aromatic rings. The van der Waals surface area contributed by atoms with Gasteiger partial charge in [-0.3, -0.25) is 4.79 Å². The lowest BCUT2D eigenvalue weighted by atomic mass is 10.1. The molecule has 1 amide bonds. The summed E-state index contributed by atoms with van der Waals surface area (Å²) in [5.41, 5.74) is -1.53. The number of anilines is 1. The average molecular weight is 420 g/mol. The molecule has 0 atom stereocenters. The Kier molecular flexibility index (Phi) is 5.74. The topological polar surface area (TPSA) is 75.3 Å². The van der Waals surface area contributed by atoms with Crippen LogP contribution in [0.5, 0.6) is 0 Å². The van der Waals surface area contributed by atoms with Gasteiger partial charge in [0.2, 0.25) is 0 Å². The number of sulfonamides is 1. The molecule has 148 valence electrons. The number of alkyl halides is 3. The van der Waals surface area contributed by atoms with E-state index >= 15 is 0 Å². The maximum atomic E-state index is 12.8. The third kappa shape index (κ3) is 5.53. The zero-order valence-electron chi connectivity index (χ0n) is 15.1. The monoisotopic (exact) mass is 420 g/mol. The Bertz CT molecular complexity index is 959. The number of rotatable bonds is 4. The normalized spacial score (nSPS) is 12.9. The summed E-state index contributed by atoms with van der Waals surface area (Å²) >= 11 is 0.917. The largest absolute Gasteiger partial charge is 0.416 e. The van der Waals surface area contributed by atoms with E-state index in [9.17, 15) is 26.4 Å². The molecule has 0 bridgehead atoms. The van der Waals surface area contributed by atoms with Crippen molar-refractivity contribution in [2.24, 2.45) is 0 Å². The quantitative estimate of drug-likeness (QED) is 0.770. The average Bonchev–Trinajstić information content (AvgIpc) is 2.87. The van der Waals surface area contributed by atoms with Crippen LogP contribution >= 0.6 is 11.3 Å². The van der Waals surface area contributed by atoms with Crippen LogP contribution in [-0.2, 0) is 16.2 Å². The second-order valence-electron chi connectivity index (χ2n) is 6.92. The van der Waals surface area contributed by atoms with E-state index in [0.29, 0.717) is 4.88 Å². The van der Waals surface area contributed by atoms with Crippen molar-refractivity contribution in [2.75, 3.05) is 5.32 Å². The molecule has 0 unspecified atom stereocenters. The Hall–Kier alpha value is -1.91. The molecule has 0 fully saturated rings. The first-order chi connectivity index (χ1) is 12.2. The Morgan fingerprint density at radius 3 is 2.30 bits per heavy atom. The van der Waals surface area contributed by atoms with Crippen molar-refractivity contribution in [1.29, 1.82) is 0 Å². The van der Waals surface area contributed by atoms with E-state index in [4.69, 9.17) is 0 Å². The number of benzene rings is 1. The van der Waals surface area contributed by atoms with Gasteiger partial charge in [0.25, 0.3) is 15.9 Å². The number of hydrogen-bond acceptors (Lipinski definition) is 4. The number of carbonyl (C=O) groups excluding carboxylic acids is 1. The summed E-state index contributed by atoms with van der Waals surface area (Å²) in [6.45, 7) is 6.63. The molecule has 2 rings (SSSR count). The summed E-state index contributed by atoms with van der Waals surface area (Å²) in [6, 6.07) is 5.44. The SMILES string of the molecule is Cc1sc(S(=O)(=O)NC(C)(C)C)cc1C(=O)Nc1cccc(C(F)(F)F)c1. The number of nitrogens with one attached hydrogen (secondary N) is 2. The first-order valence-electron chi connectivity index (χ1n) is 7.82. The summed E-state index contributed by atoms with van der Waals surface area (Å²) in [5.74, 6) is -0.680. The Labute approximate surface area is 159 Å². The van der Waals surface area contributed by atoms with Gasteiger partial charge < -0.3 is 5.32 Å². The van der Waals surface area contributed by atoms with Gasteiger partial charge in [-0.25, -0.2) is 13.1 Å². The van der Waals surface area contributed by atoms with Crippen LogP contribution in [0.4, 0.5) is 18.9 Å². The molecule has 1 aromatic carbocycles. The lowest BCUT2D eigenvalue weighted by Gasteiger charge is -2.19. The van der Waals surface area contributed by atoms with Gasteiger partial charge in [0.15, 0.2) is 0 Å². The number of amides is 1. The van der Waals surface area contributed by atoms with Crippen LogP contribution in [0.15, 0.2) is 34.5 Å². The minimum Gasteiger partial charge on any atom is -0.322 e. The van der Waals surface area contributed by atoms with E-state index in [0.717, 1.165) is 23.5 Å². The van der Waals surface area contributed by atoms with Gasteiger partial charge in [-0.2, -0.15) is 13.2 Å². The van der Waals surface area contributed by atoms with Gasteiger partial charge in [-0.15, -0.1) is 11.3 Å². The number of hydrogen-bond donors (Lipinski definition) is 2. The van der Waals surface area contributed by atoms with Gasteiger partial charge >= 0.3 is 6.18 Å². The van der Waals surface area contributed by atoms with E-state index < -0.39 is 33.2 Å². The molecule has 0 spiro atoms. The van der Waals surface area contributed by atoms with Crippen LogP contribution in [-0.4, -0.2) is 19.9 Å². The van der Waals surface area contributed by atoms with E-state index in [1.54, 1.807) is 27.7 Å². The maximum absolute atomic E-state index is 12.8. The Morgan fingerprint density at radius 2 is 1.74 bits per heavy atom. The molecule has 2 N–H and O–H groups in total. The molecule has 0 aliphatic carbocycles. The van der Waals surface area contributed by atoms with Gasteiger partial charge in [0, 0.05) is 16.1 Å². The van der Waals surface area contributed by atoms with Crippen LogP contribution in [0.25, 0.3) is 0 Å². The molecular weight excluding hydrogens is 401 g/mol. The first-order valence-corrected chi connectivity index (χ1v) is 10.1. The van der Waals surface area contributed by atoms with Crippen molar-refractivity contribution < 1.29 is 26.4 Å². The Balaban J connectivity index is 2.27. The second-order valence-corrected chi connectivity index (χ2v) is 10.1. The summed E-state index contributed by atoms with van der Waals surface area (Å²) in [6.07, 6.45) is -4.53. The van der Waals surface area contributed by atoms with Crippen LogP contribution in [0.3, 0.4) is 0 Å². The maximum Gasteiger partial charge on any atom is 0.416 e. The third-order valence-electron chi connectivity index (χ3n) is 3.29. The first kappa shape index (κ1) is 21.4. The van der Waals surface area contributed by atoms with E-state index in [2.05, 4.69) is 10.0 Å².